The molecule has 1 aliphatic rings. The molecule has 4 rings (SSSR count). The highest BCUT2D eigenvalue weighted by atomic mass is 16.5. The van der Waals surface area contributed by atoms with Crippen molar-refractivity contribution < 1.29 is 19.0 Å². The molecule has 180 valence electrons. The van der Waals surface area contributed by atoms with Gasteiger partial charge in [0, 0.05) is 28.7 Å². The van der Waals surface area contributed by atoms with Crippen molar-refractivity contribution in [3.8, 4) is 17.2 Å². The van der Waals surface area contributed by atoms with E-state index in [9.17, 15) is 9.59 Å². The number of hydrogen-bond donors (Lipinski definition) is 2. The van der Waals surface area contributed by atoms with Gasteiger partial charge in [-0.2, -0.15) is 0 Å². The average Bonchev–Trinajstić information content (AvgIpc) is 2.87. The van der Waals surface area contributed by atoms with Crippen LogP contribution in [-0.2, 0) is 6.54 Å². The van der Waals surface area contributed by atoms with E-state index in [4.69, 9.17) is 14.2 Å². The Bertz CT molecular complexity index is 1200. The first kappa shape index (κ1) is 23.5. The van der Waals surface area contributed by atoms with E-state index in [2.05, 4.69) is 10.3 Å². The average molecular weight is 466 g/mol. The molecule has 0 saturated heterocycles. The zero-order valence-electron chi connectivity index (χ0n) is 19.8. The molecule has 1 aromatic heterocycles. The number of nitrogens with zero attached hydrogens (tertiary/aromatic N) is 1. The maximum atomic E-state index is 13.4. The molecule has 0 bridgehead atoms. The maximum Gasteiger partial charge on any atom is 0.322 e. The molecule has 8 nitrogen and oxygen atoms in total. The number of carbonyl (C=O) groups is 1. The number of amides is 2. The SMILES string of the molecule is COc1ccc(NC(=O)N(Cc2cc3cc(OC)c(OC)cc3[nH]c2=O)C2CCCCC2)cc1. The molecule has 3 aromatic rings. The lowest BCUT2D eigenvalue weighted by Crippen LogP contribution is -2.44. The largest absolute Gasteiger partial charge is 0.497 e. The van der Waals surface area contributed by atoms with E-state index in [1.165, 1.54) is 6.42 Å². The van der Waals surface area contributed by atoms with Gasteiger partial charge < -0.3 is 29.4 Å². The lowest BCUT2D eigenvalue weighted by atomic mass is 9.94. The number of anilines is 1. The van der Waals surface area contributed by atoms with Crippen LogP contribution >= 0.6 is 0 Å². The van der Waals surface area contributed by atoms with Crippen molar-refractivity contribution in [1.29, 1.82) is 0 Å². The summed E-state index contributed by atoms with van der Waals surface area (Å²) in [5.41, 5.74) is 1.63. The van der Waals surface area contributed by atoms with Gasteiger partial charge in [-0.15, -0.1) is 0 Å². The molecule has 1 fully saturated rings. The van der Waals surface area contributed by atoms with Gasteiger partial charge in [0.2, 0.25) is 0 Å². The van der Waals surface area contributed by atoms with Crippen LogP contribution in [-0.4, -0.2) is 43.3 Å². The van der Waals surface area contributed by atoms with Crippen LogP contribution in [0.1, 0.15) is 37.7 Å². The van der Waals surface area contributed by atoms with Crippen molar-refractivity contribution in [2.75, 3.05) is 26.6 Å². The summed E-state index contributed by atoms with van der Waals surface area (Å²) < 4.78 is 16.0. The third-order valence-electron chi connectivity index (χ3n) is 6.38. The molecule has 1 heterocycles. The third kappa shape index (κ3) is 5.11. The Morgan fingerprint density at radius 3 is 2.29 bits per heavy atom. The molecule has 0 unspecified atom stereocenters. The second-order valence-electron chi connectivity index (χ2n) is 8.50. The lowest BCUT2D eigenvalue weighted by molar-refractivity contribution is 0.162. The van der Waals surface area contributed by atoms with Crippen LogP contribution in [0.15, 0.2) is 47.3 Å². The van der Waals surface area contributed by atoms with Gasteiger partial charge in [-0.25, -0.2) is 4.79 Å². The molecular weight excluding hydrogens is 434 g/mol. The fourth-order valence-electron chi connectivity index (χ4n) is 4.51. The first-order chi connectivity index (χ1) is 16.5. The van der Waals surface area contributed by atoms with Gasteiger partial charge in [-0.05, 0) is 49.2 Å². The monoisotopic (exact) mass is 465 g/mol. The van der Waals surface area contributed by atoms with Gasteiger partial charge in [0.05, 0.1) is 33.4 Å². The number of aromatic amines is 1. The smallest absolute Gasteiger partial charge is 0.322 e. The lowest BCUT2D eigenvalue weighted by Gasteiger charge is -2.34. The van der Waals surface area contributed by atoms with E-state index in [1.54, 1.807) is 56.6 Å². The van der Waals surface area contributed by atoms with Crippen LogP contribution in [0.3, 0.4) is 0 Å². The maximum absolute atomic E-state index is 13.4. The fourth-order valence-corrected chi connectivity index (χ4v) is 4.51. The highest BCUT2D eigenvalue weighted by Gasteiger charge is 2.27. The number of nitrogens with one attached hydrogen (secondary N) is 2. The Hall–Kier alpha value is -3.68. The minimum Gasteiger partial charge on any atom is -0.497 e. The fraction of sp³-hybridized carbons (Fsp3) is 0.385. The van der Waals surface area contributed by atoms with E-state index in [-0.39, 0.29) is 24.2 Å². The summed E-state index contributed by atoms with van der Waals surface area (Å²) in [5, 5.41) is 3.79. The predicted molar refractivity (Wildman–Crippen MR) is 132 cm³/mol. The number of methoxy groups -OCH3 is 3. The van der Waals surface area contributed by atoms with Gasteiger partial charge in [-0.1, -0.05) is 19.3 Å². The summed E-state index contributed by atoms with van der Waals surface area (Å²) in [6, 6.07) is 12.5. The van der Waals surface area contributed by atoms with Gasteiger partial charge in [0.1, 0.15) is 5.75 Å². The topological polar surface area (TPSA) is 92.9 Å². The minimum atomic E-state index is -0.224. The second kappa shape index (κ2) is 10.5. The second-order valence-corrected chi connectivity index (χ2v) is 8.50. The molecule has 2 amide bonds. The standard InChI is InChI=1S/C26H31N3O5/c1-32-21-11-9-19(10-12-21)27-26(31)29(20-7-5-4-6-8-20)16-18-13-17-14-23(33-2)24(34-3)15-22(17)28-25(18)30/h9-15,20H,4-8,16H2,1-3H3,(H,27,31)(H,28,30). The highest BCUT2D eigenvalue weighted by Crippen LogP contribution is 2.31. The summed E-state index contributed by atoms with van der Waals surface area (Å²) in [7, 11) is 4.73. The van der Waals surface area contributed by atoms with Crippen molar-refractivity contribution in [2.24, 2.45) is 0 Å². The summed E-state index contributed by atoms with van der Waals surface area (Å²) in [5.74, 6) is 1.84. The molecule has 2 N–H and O–H groups in total. The molecule has 34 heavy (non-hydrogen) atoms. The first-order valence-corrected chi connectivity index (χ1v) is 11.5. The van der Waals surface area contributed by atoms with Crippen molar-refractivity contribution in [3.63, 3.8) is 0 Å². The molecule has 0 radical (unpaired) electrons. The molecular formula is C26H31N3O5. The zero-order valence-corrected chi connectivity index (χ0v) is 19.8. The summed E-state index contributed by atoms with van der Waals surface area (Å²) >= 11 is 0. The quantitative estimate of drug-likeness (QED) is 0.517. The Morgan fingerprint density at radius 2 is 1.65 bits per heavy atom. The van der Waals surface area contributed by atoms with E-state index >= 15 is 0 Å². The van der Waals surface area contributed by atoms with Crippen molar-refractivity contribution in [1.82, 2.24) is 9.88 Å². The molecule has 0 spiro atoms. The number of carbonyl (C=O) groups excluding carboxylic acids is 1. The van der Waals surface area contributed by atoms with Gasteiger partial charge in [0.25, 0.3) is 5.56 Å². The van der Waals surface area contributed by atoms with Crippen LogP contribution in [0, 0.1) is 0 Å². The number of aromatic nitrogens is 1. The highest BCUT2D eigenvalue weighted by molar-refractivity contribution is 5.90. The zero-order chi connectivity index (χ0) is 24.1. The first-order valence-electron chi connectivity index (χ1n) is 11.5. The number of H-pyrrole nitrogens is 1. The molecule has 0 atom stereocenters. The van der Waals surface area contributed by atoms with E-state index < -0.39 is 0 Å². The van der Waals surface area contributed by atoms with Crippen LogP contribution in [0.2, 0.25) is 0 Å². The number of pyridine rings is 1. The summed E-state index contributed by atoms with van der Waals surface area (Å²) in [4.78, 5) is 31.0. The Morgan fingerprint density at radius 1 is 0.971 bits per heavy atom. The van der Waals surface area contributed by atoms with Crippen molar-refractivity contribution in [2.45, 2.75) is 44.7 Å². The van der Waals surface area contributed by atoms with Crippen molar-refractivity contribution in [3.05, 3.63) is 58.4 Å². The van der Waals surface area contributed by atoms with Crippen LogP contribution < -0.4 is 25.1 Å². The number of ether oxygens (including phenoxy) is 3. The van der Waals surface area contributed by atoms with E-state index in [0.717, 1.165) is 36.8 Å². The third-order valence-corrected chi connectivity index (χ3v) is 6.38. The van der Waals surface area contributed by atoms with E-state index in [0.29, 0.717) is 28.3 Å². The summed E-state index contributed by atoms with van der Waals surface area (Å²) in [6.07, 6.45) is 5.16. The Labute approximate surface area is 198 Å². The Kier molecular flexibility index (Phi) is 7.25. The van der Waals surface area contributed by atoms with Gasteiger partial charge in [0.15, 0.2) is 11.5 Å². The molecule has 1 aliphatic carbocycles. The minimum absolute atomic E-state index is 0.0764. The van der Waals surface area contributed by atoms with Gasteiger partial charge in [-0.3, -0.25) is 4.79 Å². The van der Waals surface area contributed by atoms with Crippen LogP contribution in [0.5, 0.6) is 17.2 Å². The van der Waals surface area contributed by atoms with Crippen molar-refractivity contribution >= 4 is 22.6 Å². The predicted octanol–water partition coefficient (Wildman–Crippen LogP) is 4.92. The Balaban J connectivity index is 1.64. The summed E-state index contributed by atoms with van der Waals surface area (Å²) in [6.45, 7) is 0.215. The molecule has 2 aromatic carbocycles. The molecule has 1 saturated carbocycles. The van der Waals surface area contributed by atoms with Crippen LogP contribution in [0.25, 0.3) is 10.9 Å². The normalized spacial score (nSPS) is 14.0. The van der Waals surface area contributed by atoms with Crippen LogP contribution in [0.4, 0.5) is 10.5 Å². The number of benzene rings is 2. The number of fused-ring (bicyclic) bond motifs is 1. The number of rotatable bonds is 7. The molecule has 8 heteroatoms. The molecule has 0 aliphatic heterocycles. The number of urea groups is 1. The van der Waals surface area contributed by atoms with E-state index in [1.807, 2.05) is 12.1 Å². The van der Waals surface area contributed by atoms with Gasteiger partial charge >= 0.3 is 6.03 Å². The number of hydrogen-bond acceptors (Lipinski definition) is 5.